The Morgan fingerprint density at radius 1 is 1.00 bits per heavy atom. The van der Waals surface area contributed by atoms with Gasteiger partial charge in [-0.05, 0) is 75.3 Å². The molecule has 9 nitrogen and oxygen atoms in total. The fraction of sp³-hybridized carbons (Fsp3) is 0.480. The molecule has 2 aromatic heterocycles. The minimum atomic E-state index is -0.255. The largest absolute Gasteiger partial charge is 0.431 e. The van der Waals surface area contributed by atoms with Gasteiger partial charge in [0.1, 0.15) is 0 Å². The molecular formula is C25H28N6O3. The zero-order chi connectivity index (χ0) is 23.2. The van der Waals surface area contributed by atoms with E-state index in [-0.39, 0.29) is 35.5 Å². The van der Waals surface area contributed by atoms with Crippen molar-refractivity contribution in [2.24, 2.45) is 17.8 Å². The molecule has 9 heteroatoms. The first-order valence-corrected chi connectivity index (χ1v) is 12.2. The van der Waals surface area contributed by atoms with Gasteiger partial charge in [-0.3, -0.25) is 14.7 Å². The number of nitrogens with zero attached hydrogens (tertiary/aromatic N) is 3. The molecule has 34 heavy (non-hydrogen) atoms. The van der Waals surface area contributed by atoms with Crippen molar-refractivity contribution in [2.45, 2.75) is 57.5 Å². The van der Waals surface area contributed by atoms with Gasteiger partial charge in [-0.25, -0.2) is 9.97 Å². The van der Waals surface area contributed by atoms with Gasteiger partial charge >= 0.3 is 0 Å². The van der Waals surface area contributed by atoms with Crippen LogP contribution in [-0.2, 0) is 0 Å². The fourth-order valence-electron chi connectivity index (χ4n) is 4.54. The number of hydrogen-bond donors (Lipinski definition) is 3. The molecule has 3 aliphatic carbocycles. The molecule has 3 N–H and O–H groups in total. The van der Waals surface area contributed by atoms with Crippen molar-refractivity contribution in [2.75, 3.05) is 0 Å². The summed E-state index contributed by atoms with van der Waals surface area (Å²) in [4.78, 5) is 33.9. The van der Waals surface area contributed by atoms with Gasteiger partial charge in [0.25, 0.3) is 11.8 Å². The van der Waals surface area contributed by atoms with Gasteiger partial charge in [0.15, 0.2) is 5.82 Å². The number of H-pyrrole nitrogens is 1. The van der Waals surface area contributed by atoms with Crippen molar-refractivity contribution in [1.29, 1.82) is 0 Å². The molecule has 2 amide bonds. The van der Waals surface area contributed by atoms with Crippen molar-refractivity contribution in [3.63, 3.8) is 0 Å². The Balaban J connectivity index is 1.15. The smallest absolute Gasteiger partial charge is 0.288 e. The molecule has 1 aromatic carbocycles. The summed E-state index contributed by atoms with van der Waals surface area (Å²) in [6, 6.07) is 7.77. The van der Waals surface area contributed by atoms with Crippen LogP contribution in [-0.4, -0.2) is 44.1 Å². The number of amides is 2. The molecule has 3 aliphatic rings. The summed E-state index contributed by atoms with van der Waals surface area (Å²) in [6.07, 6.45) is 8.53. The van der Waals surface area contributed by atoms with Crippen LogP contribution in [0.5, 0.6) is 0 Å². The number of benzene rings is 1. The maximum absolute atomic E-state index is 12.7. The third kappa shape index (κ3) is 4.47. The fourth-order valence-corrected chi connectivity index (χ4v) is 4.54. The van der Waals surface area contributed by atoms with Crippen molar-refractivity contribution in [3.8, 4) is 22.8 Å². The molecule has 1 unspecified atom stereocenters. The van der Waals surface area contributed by atoms with Crippen LogP contribution < -0.4 is 10.6 Å². The van der Waals surface area contributed by atoms with Crippen LogP contribution in [0.25, 0.3) is 22.8 Å². The first-order chi connectivity index (χ1) is 16.5. The summed E-state index contributed by atoms with van der Waals surface area (Å²) in [6.45, 7) is 2.01. The van der Waals surface area contributed by atoms with Gasteiger partial charge in [0, 0.05) is 23.2 Å². The zero-order valence-electron chi connectivity index (χ0n) is 19.1. The summed E-state index contributed by atoms with van der Waals surface area (Å²) in [5.41, 5.74) is 1.42. The number of aromatic nitrogens is 4. The Kier molecular flexibility index (Phi) is 5.19. The highest BCUT2D eigenvalue weighted by molar-refractivity contribution is 5.92. The minimum Gasteiger partial charge on any atom is -0.431 e. The summed E-state index contributed by atoms with van der Waals surface area (Å²) in [5, 5.41) is 13.2. The van der Waals surface area contributed by atoms with E-state index >= 15 is 0 Å². The number of carbonyl (C=O) groups excluding carboxylic acids is 2. The molecule has 176 valence electrons. The molecule has 0 spiro atoms. The zero-order valence-corrected chi connectivity index (χ0v) is 19.1. The average molecular weight is 461 g/mol. The summed E-state index contributed by atoms with van der Waals surface area (Å²) >= 11 is 0. The van der Waals surface area contributed by atoms with E-state index in [9.17, 15) is 9.59 Å². The van der Waals surface area contributed by atoms with Crippen LogP contribution in [0.15, 0.2) is 34.9 Å². The molecule has 1 atom stereocenters. The number of rotatable bonds is 9. The van der Waals surface area contributed by atoms with Crippen molar-refractivity contribution >= 4 is 11.8 Å². The Labute approximate surface area is 197 Å². The Bertz CT molecular complexity index is 1210. The second-order valence-corrected chi connectivity index (χ2v) is 9.89. The van der Waals surface area contributed by atoms with E-state index in [1.807, 2.05) is 31.2 Å². The van der Waals surface area contributed by atoms with Gasteiger partial charge in [-0.2, -0.15) is 5.10 Å². The molecule has 3 aromatic rings. The van der Waals surface area contributed by atoms with Crippen LogP contribution in [0.3, 0.4) is 0 Å². The molecule has 0 bridgehead atoms. The van der Waals surface area contributed by atoms with Crippen molar-refractivity contribution < 1.29 is 14.0 Å². The molecule has 2 heterocycles. The van der Waals surface area contributed by atoms with E-state index in [0.29, 0.717) is 35.0 Å². The lowest BCUT2D eigenvalue weighted by molar-refractivity contribution is 0.0904. The van der Waals surface area contributed by atoms with Crippen LogP contribution in [0.2, 0.25) is 0 Å². The van der Waals surface area contributed by atoms with Gasteiger partial charge in [-0.15, -0.1) is 0 Å². The number of hydrogen-bond acceptors (Lipinski definition) is 6. The van der Waals surface area contributed by atoms with Gasteiger partial charge in [0.2, 0.25) is 17.5 Å². The summed E-state index contributed by atoms with van der Waals surface area (Å²) in [5.74, 6) is 2.49. The van der Waals surface area contributed by atoms with Crippen LogP contribution in [0.4, 0.5) is 0 Å². The first kappa shape index (κ1) is 21.1. The molecule has 0 aliphatic heterocycles. The molecule has 6 rings (SSSR count). The van der Waals surface area contributed by atoms with E-state index in [4.69, 9.17) is 4.42 Å². The lowest BCUT2D eigenvalue weighted by Crippen LogP contribution is -2.38. The molecule has 0 saturated heterocycles. The monoisotopic (exact) mass is 460 g/mol. The quantitative estimate of drug-likeness (QED) is 0.448. The SMILES string of the molecule is CC(NC(=O)c1cnc(-c2cccc(-c3n[nH]c(C(=O)NC(C4CC4)C4CC4)n3)c2)o1)C1CC1. The number of nitrogens with one attached hydrogen (secondary N) is 3. The van der Waals surface area contributed by atoms with E-state index in [2.05, 4.69) is 30.8 Å². The van der Waals surface area contributed by atoms with Gasteiger partial charge < -0.3 is 15.1 Å². The normalized spacial score (nSPS) is 18.6. The molecule has 0 radical (unpaired) electrons. The van der Waals surface area contributed by atoms with Crippen LogP contribution in [0, 0.1) is 17.8 Å². The van der Waals surface area contributed by atoms with Crippen LogP contribution >= 0.6 is 0 Å². The molecular weight excluding hydrogens is 432 g/mol. The lowest BCUT2D eigenvalue weighted by Gasteiger charge is -2.16. The predicted molar refractivity (Wildman–Crippen MR) is 124 cm³/mol. The Morgan fingerprint density at radius 3 is 2.41 bits per heavy atom. The highest BCUT2D eigenvalue weighted by Gasteiger charge is 2.42. The second kappa shape index (κ2) is 8.38. The number of oxazole rings is 1. The maximum Gasteiger partial charge on any atom is 0.288 e. The minimum absolute atomic E-state index is 0.130. The topological polar surface area (TPSA) is 126 Å². The van der Waals surface area contributed by atoms with Crippen molar-refractivity contribution in [1.82, 2.24) is 30.8 Å². The first-order valence-electron chi connectivity index (χ1n) is 12.2. The average Bonchev–Trinajstić information content (AvgIpc) is 3.75. The van der Waals surface area contributed by atoms with Gasteiger partial charge in [0.05, 0.1) is 6.20 Å². The second-order valence-electron chi connectivity index (χ2n) is 9.89. The Hall–Kier alpha value is -3.49. The van der Waals surface area contributed by atoms with Gasteiger partial charge in [-0.1, -0.05) is 12.1 Å². The molecule has 3 fully saturated rings. The van der Waals surface area contributed by atoms with E-state index in [1.165, 1.54) is 31.9 Å². The van der Waals surface area contributed by atoms with E-state index in [1.54, 1.807) is 0 Å². The number of aromatic amines is 1. The lowest BCUT2D eigenvalue weighted by atomic mass is 10.1. The summed E-state index contributed by atoms with van der Waals surface area (Å²) in [7, 11) is 0. The highest BCUT2D eigenvalue weighted by atomic mass is 16.4. The standard InChI is InChI=1S/C25H28N6O3/c1-13(14-5-6-14)27-23(32)19-12-26-25(34-19)18-4-2-3-17(11-18)21-29-22(31-30-21)24(33)28-20(15-7-8-15)16-9-10-16/h2-4,11-16,20H,5-10H2,1H3,(H,27,32)(H,28,33)(H,29,30,31). The van der Waals surface area contributed by atoms with Crippen LogP contribution in [0.1, 0.15) is 66.6 Å². The third-order valence-electron chi connectivity index (χ3n) is 7.04. The summed E-state index contributed by atoms with van der Waals surface area (Å²) < 4.78 is 5.73. The highest BCUT2D eigenvalue weighted by Crippen LogP contribution is 2.44. The maximum atomic E-state index is 12.7. The third-order valence-corrected chi connectivity index (χ3v) is 7.04. The van der Waals surface area contributed by atoms with E-state index in [0.717, 1.165) is 18.4 Å². The predicted octanol–water partition coefficient (Wildman–Crippen LogP) is 3.57. The number of carbonyl (C=O) groups is 2. The molecule has 3 saturated carbocycles. The Morgan fingerprint density at radius 2 is 1.71 bits per heavy atom. The van der Waals surface area contributed by atoms with Crippen molar-refractivity contribution in [3.05, 3.63) is 42.0 Å². The van der Waals surface area contributed by atoms with E-state index < -0.39 is 0 Å².